The molecule has 0 spiro atoms. The molecular weight excluding hydrogens is 300 g/mol. The van der Waals surface area contributed by atoms with Crippen molar-refractivity contribution in [2.24, 2.45) is 0 Å². The Morgan fingerprint density at radius 3 is 2.45 bits per heavy atom. The van der Waals surface area contributed by atoms with E-state index in [2.05, 4.69) is 10.6 Å². The lowest BCUT2D eigenvalue weighted by atomic mass is 10.1. The molecule has 6 heteroatoms. The number of ether oxygens (including phenoxy) is 1. The van der Waals surface area contributed by atoms with E-state index >= 15 is 0 Å². The van der Waals surface area contributed by atoms with Gasteiger partial charge in [0.1, 0.15) is 5.75 Å². The van der Waals surface area contributed by atoms with E-state index in [1.54, 1.807) is 7.11 Å². The van der Waals surface area contributed by atoms with Crippen LogP contribution in [0.15, 0.2) is 41.8 Å². The number of amides is 2. The quantitative estimate of drug-likeness (QED) is 0.797. The van der Waals surface area contributed by atoms with Gasteiger partial charge in [-0.25, -0.2) is 0 Å². The number of methoxy groups -OCH3 is 1. The predicted octanol–water partition coefficient (Wildman–Crippen LogP) is 1.73. The fourth-order valence-electron chi connectivity index (χ4n) is 1.85. The van der Waals surface area contributed by atoms with Crippen molar-refractivity contribution in [1.82, 2.24) is 10.6 Å². The number of hydrogen-bond acceptors (Lipinski definition) is 4. The van der Waals surface area contributed by atoms with E-state index in [0.29, 0.717) is 19.5 Å². The molecule has 2 aromatic rings. The van der Waals surface area contributed by atoms with Crippen LogP contribution in [0, 0.1) is 0 Å². The van der Waals surface area contributed by atoms with Crippen molar-refractivity contribution in [2.45, 2.75) is 13.0 Å². The smallest absolute Gasteiger partial charge is 0.309 e. The molecule has 0 unspecified atom stereocenters. The Balaban J connectivity index is 1.69. The molecule has 0 aliphatic heterocycles. The predicted molar refractivity (Wildman–Crippen MR) is 85.9 cm³/mol. The summed E-state index contributed by atoms with van der Waals surface area (Å²) in [6, 6.07) is 11.4. The molecule has 0 atom stereocenters. The summed E-state index contributed by atoms with van der Waals surface area (Å²) in [5.74, 6) is -0.422. The second-order valence-corrected chi connectivity index (χ2v) is 5.65. The Bertz CT molecular complexity index is 609. The van der Waals surface area contributed by atoms with E-state index in [-0.39, 0.29) is 0 Å². The van der Waals surface area contributed by atoms with Gasteiger partial charge in [0.2, 0.25) is 0 Å². The molecule has 1 heterocycles. The highest BCUT2D eigenvalue weighted by Gasteiger charge is 2.12. The summed E-state index contributed by atoms with van der Waals surface area (Å²) >= 11 is 1.54. The minimum Gasteiger partial charge on any atom is -0.497 e. The fourth-order valence-corrected chi connectivity index (χ4v) is 2.50. The number of carbonyl (C=O) groups excluding carboxylic acids is 2. The summed E-state index contributed by atoms with van der Waals surface area (Å²) in [6.45, 7) is 0.792. The Morgan fingerprint density at radius 2 is 1.82 bits per heavy atom. The minimum absolute atomic E-state index is 0.377. The van der Waals surface area contributed by atoms with E-state index in [1.807, 2.05) is 41.8 Å². The van der Waals surface area contributed by atoms with Gasteiger partial charge in [0.05, 0.1) is 13.7 Å². The monoisotopic (exact) mass is 318 g/mol. The summed E-state index contributed by atoms with van der Waals surface area (Å²) in [4.78, 5) is 24.3. The molecule has 0 saturated heterocycles. The second-order valence-electron chi connectivity index (χ2n) is 4.62. The van der Waals surface area contributed by atoms with Crippen molar-refractivity contribution in [3.63, 3.8) is 0 Å². The van der Waals surface area contributed by atoms with Gasteiger partial charge in [0.15, 0.2) is 0 Å². The first-order valence-electron chi connectivity index (χ1n) is 6.90. The molecule has 2 amide bonds. The molecule has 0 aliphatic rings. The molecule has 0 saturated carbocycles. The maximum atomic E-state index is 11.7. The first kappa shape index (κ1) is 16.0. The molecular formula is C16H18N2O3S. The van der Waals surface area contributed by atoms with Gasteiger partial charge in [-0.2, -0.15) is 0 Å². The Labute approximate surface area is 133 Å². The van der Waals surface area contributed by atoms with E-state index in [9.17, 15) is 9.59 Å². The van der Waals surface area contributed by atoms with Crippen LogP contribution in [0.4, 0.5) is 0 Å². The molecule has 2 rings (SSSR count). The number of thiophene rings is 1. The molecule has 5 nitrogen and oxygen atoms in total. The highest BCUT2D eigenvalue weighted by Crippen LogP contribution is 2.11. The average molecular weight is 318 g/mol. The van der Waals surface area contributed by atoms with Gasteiger partial charge < -0.3 is 15.4 Å². The van der Waals surface area contributed by atoms with Crippen molar-refractivity contribution in [2.75, 3.05) is 13.7 Å². The molecule has 0 bridgehead atoms. The van der Waals surface area contributed by atoms with E-state index in [0.717, 1.165) is 16.2 Å². The lowest BCUT2D eigenvalue weighted by molar-refractivity contribution is -0.139. The van der Waals surface area contributed by atoms with Gasteiger partial charge in [-0.15, -0.1) is 11.3 Å². The average Bonchev–Trinajstić information content (AvgIpc) is 3.06. The maximum Gasteiger partial charge on any atom is 0.309 e. The third-order valence-electron chi connectivity index (χ3n) is 3.07. The molecule has 1 aromatic carbocycles. The fraction of sp³-hybridized carbons (Fsp3) is 0.250. The summed E-state index contributed by atoms with van der Waals surface area (Å²) in [7, 11) is 1.62. The van der Waals surface area contributed by atoms with Gasteiger partial charge in [-0.3, -0.25) is 9.59 Å². The van der Waals surface area contributed by atoms with Gasteiger partial charge in [-0.1, -0.05) is 18.2 Å². The zero-order chi connectivity index (χ0) is 15.8. The van der Waals surface area contributed by atoms with Crippen LogP contribution in [0.25, 0.3) is 0 Å². The first-order chi connectivity index (χ1) is 10.7. The molecule has 1 aromatic heterocycles. The van der Waals surface area contributed by atoms with Crippen LogP contribution in [0.1, 0.15) is 10.4 Å². The number of benzene rings is 1. The highest BCUT2D eigenvalue weighted by atomic mass is 32.1. The Hall–Kier alpha value is -2.34. The molecule has 0 aliphatic carbocycles. The van der Waals surface area contributed by atoms with E-state index in [4.69, 9.17) is 4.74 Å². The van der Waals surface area contributed by atoms with Crippen molar-refractivity contribution in [1.29, 1.82) is 0 Å². The summed E-state index contributed by atoms with van der Waals surface area (Å²) < 4.78 is 5.08. The maximum absolute atomic E-state index is 11.7. The van der Waals surface area contributed by atoms with Crippen LogP contribution in [-0.2, 0) is 22.6 Å². The highest BCUT2D eigenvalue weighted by molar-refractivity contribution is 7.09. The molecule has 0 fully saturated rings. The SMILES string of the molecule is COc1ccc(CCNC(=O)C(=O)NCc2cccs2)cc1. The van der Waals surface area contributed by atoms with Crippen LogP contribution < -0.4 is 15.4 Å². The van der Waals surface area contributed by atoms with Gasteiger partial charge in [-0.05, 0) is 35.6 Å². The first-order valence-corrected chi connectivity index (χ1v) is 7.78. The number of rotatable bonds is 6. The van der Waals surface area contributed by atoms with Crippen LogP contribution in [-0.4, -0.2) is 25.5 Å². The van der Waals surface area contributed by atoms with Crippen molar-refractivity contribution >= 4 is 23.2 Å². The zero-order valence-corrected chi connectivity index (χ0v) is 13.1. The lowest BCUT2D eigenvalue weighted by Crippen LogP contribution is -2.40. The normalized spacial score (nSPS) is 10.0. The van der Waals surface area contributed by atoms with Crippen LogP contribution in [0.3, 0.4) is 0 Å². The van der Waals surface area contributed by atoms with Crippen molar-refractivity contribution in [3.05, 3.63) is 52.2 Å². The summed E-state index contributed by atoms with van der Waals surface area (Å²) in [6.07, 6.45) is 0.661. The number of hydrogen-bond donors (Lipinski definition) is 2. The number of carbonyl (C=O) groups is 2. The largest absolute Gasteiger partial charge is 0.497 e. The molecule has 22 heavy (non-hydrogen) atoms. The third kappa shape index (κ3) is 4.89. The molecule has 2 N–H and O–H groups in total. The van der Waals surface area contributed by atoms with Crippen molar-refractivity contribution in [3.8, 4) is 5.75 Å². The van der Waals surface area contributed by atoms with Crippen LogP contribution in [0.2, 0.25) is 0 Å². The second kappa shape index (κ2) is 8.19. The van der Waals surface area contributed by atoms with Gasteiger partial charge in [0.25, 0.3) is 0 Å². The summed E-state index contributed by atoms with van der Waals surface area (Å²) in [5.41, 5.74) is 1.07. The lowest BCUT2D eigenvalue weighted by Gasteiger charge is -2.06. The summed E-state index contributed by atoms with van der Waals surface area (Å²) in [5, 5.41) is 7.13. The van der Waals surface area contributed by atoms with Gasteiger partial charge >= 0.3 is 11.8 Å². The van der Waals surface area contributed by atoms with E-state index < -0.39 is 11.8 Å². The Morgan fingerprint density at radius 1 is 1.09 bits per heavy atom. The van der Waals surface area contributed by atoms with Gasteiger partial charge in [0, 0.05) is 11.4 Å². The zero-order valence-electron chi connectivity index (χ0n) is 12.3. The Kier molecular flexibility index (Phi) is 5.97. The molecule has 0 radical (unpaired) electrons. The topological polar surface area (TPSA) is 67.4 Å². The van der Waals surface area contributed by atoms with Crippen molar-refractivity contribution < 1.29 is 14.3 Å². The minimum atomic E-state index is -0.608. The molecule has 116 valence electrons. The third-order valence-corrected chi connectivity index (χ3v) is 3.94. The standard InChI is InChI=1S/C16H18N2O3S/c1-21-13-6-4-12(5-7-13)8-9-17-15(19)16(20)18-11-14-3-2-10-22-14/h2-7,10H,8-9,11H2,1H3,(H,17,19)(H,18,20). The number of nitrogens with one attached hydrogen (secondary N) is 2. The van der Waals surface area contributed by atoms with Crippen LogP contribution >= 0.6 is 11.3 Å². The van der Waals surface area contributed by atoms with E-state index in [1.165, 1.54) is 11.3 Å². The van der Waals surface area contributed by atoms with Crippen LogP contribution in [0.5, 0.6) is 5.75 Å².